The Labute approximate surface area is 176 Å². The number of furan rings is 1. The molecule has 0 unspecified atom stereocenters. The molecule has 1 aromatic heterocycles. The maximum absolute atomic E-state index is 13.1. The van der Waals surface area contributed by atoms with Gasteiger partial charge in [0.1, 0.15) is 12.3 Å². The van der Waals surface area contributed by atoms with E-state index < -0.39 is 0 Å². The Morgan fingerprint density at radius 1 is 0.967 bits per heavy atom. The van der Waals surface area contributed by atoms with Crippen LogP contribution in [0, 0.1) is 0 Å². The summed E-state index contributed by atoms with van der Waals surface area (Å²) >= 11 is 0. The van der Waals surface area contributed by atoms with Gasteiger partial charge in [-0.25, -0.2) is 4.79 Å². The lowest BCUT2D eigenvalue weighted by Gasteiger charge is -2.26. The van der Waals surface area contributed by atoms with Gasteiger partial charge in [0.2, 0.25) is 5.91 Å². The summed E-state index contributed by atoms with van der Waals surface area (Å²) in [4.78, 5) is 27.1. The van der Waals surface area contributed by atoms with E-state index in [4.69, 9.17) is 4.42 Å². The number of carbonyl (C=O) groups excluding carboxylic acids is 2. The van der Waals surface area contributed by atoms with Crippen molar-refractivity contribution in [1.29, 1.82) is 0 Å². The molecule has 0 saturated carbocycles. The number of nitrogens with zero attached hydrogens (tertiary/aromatic N) is 1. The fourth-order valence-electron chi connectivity index (χ4n) is 3.22. The highest BCUT2D eigenvalue weighted by atomic mass is 16.3. The van der Waals surface area contributed by atoms with Crippen LogP contribution in [-0.2, 0) is 11.3 Å². The van der Waals surface area contributed by atoms with Crippen LogP contribution >= 0.6 is 0 Å². The molecule has 3 amide bonds. The molecule has 30 heavy (non-hydrogen) atoms. The average Bonchev–Trinajstić information content (AvgIpc) is 3.27. The van der Waals surface area contributed by atoms with Crippen molar-refractivity contribution in [1.82, 2.24) is 10.2 Å². The fraction of sp³-hybridized carbons (Fsp3) is 0.250. The predicted octanol–water partition coefficient (Wildman–Crippen LogP) is 4.97. The van der Waals surface area contributed by atoms with Crippen molar-refractivity contribution in [3.63, 3.8) is 0 Å². The SMILES string of the molecule is CCC[C@H](NC(=O)N(CC(=O)Nc1ccccc1)Cc1ccco1)c1ccccc1. The molecule has 0 fully saturated rings. The highest BCUT2D eigenvalue weighted by Gasteiger charge is 2.22. The van der Waals surface area contributed by atoms with Gasteiger partial charge >= 0.3 is 6.03 Å². The lowest BCUT2D eigenvalue weighted by molar-refractivity contribution is -0.116. The molecule has 0 aliphatic rings. The van der Waals surface area contributed by atoms with Crippen molar-refractivity contribution in [2.45, 2.75) is 32.4 Å². The fourth-order valence-corrected chi connectivity index (χ4v) is 3.22. The van der Waals surface area contributed by atoms with Crippen molar-refractivity contribution in [3.8, 4) is 0 Å². The van der Waals surface area contributed by atoms with Gasteiger partial charge in [0.05, 0.1) is 18.8 Å². The molecule has 156 valence electrons. The van der Waals surface area contributed by atoms with Crippen LogP contribution in [0.2, 0.25) is 0 Å². The topological polar surface area (TPSA) is 74.6 Å². The van der Waals surface area contributed by atoms with Crippen molar-refractivity contribution < 1.29 is 14.0 Å². The van der Waals surface area contributed by atoms with E-state index in [0.717, 1.165) is 18.4 Å². The maximum Gasteiger partial charge on any atom is 0.318 e. The van der Waals surface area contributed by atoms with Crippen LogP contribution in [0.15, 0.2) is 83.5 Å². The van der Waals surface area contributed by atoms with Crippen LogP contribution in [0.3, 0.4) is 0 Å². The summed E-state index contributed by atoms with van der Waals surface area (Å²) in [6.07, 6.45) is 3.28. The third-order valence-corrected chi connectivity index (χ3v) is 4.68. The number of urea groups is 1. The first-order valence-corrected chi connectivity index (χ1v) is 10.1. The zero-order valence-corrected chi connectivity index (χ0v) is 17.1. The van der Waals surface area contributed by atoms with Gasteiger partial charge in [0.25, 0.3) is 0 Å². The molecule has 2 aromatic carbocycles. The Morgan fingerprint density at radius 2 is 1.67 bits per heavy atom. The minimum atomic E-state index is -0.308. The maximum atomic E-state index is 13.1. The summed E-state index contributed by atoms with van der Waals surface area (Å²) in [6.45, 7) is 2.19. The second kappa shape index (κ2) is 10.9. The lowest BCUT2D eigenvalue weighted by Crippen LogP contribution is -2.44. The predicted molar refractivity (Wildman–Crippen MR) is 117 cm³/mol. The Morgan fingerprint density at radius 3 is 2.30 bits per heavy atom. The number of carbonyl (C=O) groups is 2. The third kappa shape index (κ3) is 6.24. The molecule has 3 rings (SSSR count). The molecule has 0 aliphatic heterocycles. The van der Waals surface area contributed by atoms with Gasteiger partial charge in [-0.15, -0.1) is 0 Å². The quantitative estimate of drug-likeness (QED) is 0.528. The first-order valence-electron chi connectivity index (χ1n) is 10.1. The molecular weight excluding hydrogens is 378 g/mol. The van der Waals surface area contributed by atoms with E-state index in [1.807, 2.05) is 60.7 Å². The number of nitrogens with one attached hydrogen (secondary N) is 2. The Hall–Kier alpha value is -3.54. The van der Waals surface area contributed by atoms with Crippen molar-refractivity contribution in [2.75, 3.05) is 11.9 Å². The van der Waals surface area contributed by atoms with Crippen LogP contribution in [0.1, 0.15) is 37.1 Å². The van der Waals surface area contributed by atoms with E-state index in [1.54, 1.807) is 18.4 Å². The van der Waals surface area contributed by atoms with Crippen LogP contribution in [-0.4, -0.2) is 23.4 Å². The lowest BCUT2D eigenvalue weighted by atomic mass is 10.0. The normalized spacial score (nSPS) is 11.5. The van der Waals surface area contributed by atoms with Crippen LogP contribution in [0.25, 0.3) is 0 Å². The number of anilines is 1. The second-order valence-corrected chi connectivity index (χ2v) is 7.05. The summed E-state index contributed by atoms with van der Waals surface area (Å²) < 4.78 is 5.40. The van der Waals surface area contributed by atoms with E-state index >= 15 is 0 Å². The molecule has 0 saturated heterocycles. The molecule has 0 radical (unpaired) electrons. The first kappa shape index (κ1) is 21.2. The van der Waals surface area contributed by atoms with Gasteiger partial charge < -0.3 is 20.0 Å². The van der Waals surface area contributed by atoms with E-state index in [9.17, 15) is 9.59 Å². The summed E-state index contributed by atoms with van der Waals surface area (Å²) in [5, 5.41) is 5.91. The van der Waals surface area contributed by atoms with Crippen molar-refractivity contribution in [2.24, 2.45) is 0 Å². The summed E-state index contributed by atoms with van der Waals surface area (Å²) in [5.41, 5.74) is 1.73. The zero-order chi connectivity index (χ0) is 21.2. The zero-order valence-electron chi connectivity index (χ0n) is 17.1. The number of hydrogen-bond donors (Lipinski definition) is 2. The van der Waals surface area contributed by atoms with E-state index in [-0.39, 0.29) is 31.1 Å². The molecule has 2 N–H and O–H groups in total. The Kier molecular flexibility index (Phi) is 7.66. The van der Waals surface area contributed by atoms with E-state index in [2.05, 4.69) is 17.6 Å². The molecule has 0 bridgehead atoms. The summed E-state index contributed by atoms with van der Waals surface area (Å²) in [7, 11) is 0. The minimum Gasteiger partial charge on any atom is -0.467 e. The minimum absolute atomic E-state index is 0.0882. The van der Waals surface area contributed by atoms with Gasteiger partial charge in [-0.3, -0.25) is 4.79 Å². The molecule has 1 atom stereocenters. The molecule has 0 spiro atoms. The number of hydrogen-bond acceptors (Lipinski definition) is 3. The summed E-state index contributed by atoms with van der Waals surface area (Å²) in [6, 6.07) is 22.2. The first-order chi connectivity index (χ1) is 14.7. The average molecular weight is 405 g/mol. The summed E-state index contributed by atoms with van der Waals surface area (Å²) in [5.74, 6) is 0.346. The van der Waals surface area contributed by atoms with Gasteiger partial charge in [0.15, 0.2) is 0 Å². The van der Waals surface area contributed by atoms with Crippen LogP contribution < -0.4 is 10.6 Å². The standard InChI is InChI=1S/C24H27N3O3/c1-2-10-22(19-11-5-3-6-12-19)26-24(29)27(17-21-15-9-16-30-21)18-23(28)25-20-13-7-4-8-14-20/h3-9,11-16,22H,2,10,17-18H2,1H3,(H,25,28)(H,26,29)/t22-/m0/s1. The molecule has 0 aliphatic carbocycles. The number of amides is 3. The molecule has 1 heterocycles. The highest BCUT2D eigenvalue weighted by Crippen LogP contribution is 2.19. The second-order valence-electron chi connectivity index (χ2n) is 7.05. The van der Waals surface area contributed by atoms with Gasteiger partial charge in [-0.1, -0.05) is 61.9 Å². The van der Waals surface area contributed by atoms with Gasteiger partial charge in [0, 0.05) is 5.69 Å². The van der Waals surface area contributed by atoms with Crippen LogP contribution in [0.4, 0.5) is 10.5 Å². The Bertz CT molecular complexity index is 911. The molecule has 6 nitrogen and oxygen atoms in total. The van der Waals surface area contributed by atoms with Crippen LogP contribution in [0.5, 0.6) is 0 Å². The molecule has 6 heteroatoms. The molecule has 3 aromatic rings. The van der Waals surface area contributed by atoms with Gasteiger partial charge in [-0.2, -0.15) is 0 Å². The largest absolute Gasteiger partial charge is 0.467 e. The number of benzene rings is 2. The molecular formula is C24H27N3O3. The van der Waals surface area contributed by atoms with E-state index in [1.165, 1.54) is 4.90 Å². The highest BCUT2D eigenvalue weighted by molar-refractivity contribution is 5.94. The number of rotatable bonds is 9. The van der Waals surface area contributed by atoms with Crippen molar-refractivity contribution >= 4 is 17.6 Å². The monoisotopic (exact) mass is 405 g/mol. The number of para-hydroxylation sites is 1. The van der Waals surface area contributed by atoms with Crippen molar-refractivity contribution in [3.05, 3.63) is 90.4 Å². The van der Waals surface area contributed by atoms with Gasteiger partial charge in [-0.05, 0) is 36.2 Å². The van der Waals surface area contributed by atoms with E-state index in [0.29, 0.717) is 11.4 Å². The third-order valence-electron chi connectivity index (χ3n) is 4.68. The smallest absolute Gasteiger partial charge is 0.318 e. The Balaban J connectivity index is 1.71.